The lowest BCUT2D eigenvalue weighted by atomic mass is 10.1. The van der Waals surface area contributed by atoms with Crippen molar-refractivity contribution in [2.45, 2.75) is 30.6 Å². The molecule has 2 heterocycles. The number of nitrogens with one attached hydrogen (secondary N) is 1. The lowest BCUT2D eigenvalue weighted by Gasteiger charge is -2.23. The first kappa shape index (κ1) is 17.9. The molecule has 138 valence electrons. The second-order valence-corrected chi connectivity index (χ2v) is 7.98. The Morgan fingerprint density at radius 3 is 2.48 bits per heavy atom. The maximum atomic E-state index is 12.8. The zero-order valence-corrected chi connectivity index (χ0v) is 15.9. The molecule has 0 aliphatic carbocycles. The number of carbonyl (C=O) groups is 2. The minimum Gasteiger partial charge on any atom is -0.339 e. The molecule has 2 aromatic carbocycles. The smallest absolute Gasteiger partial charge is 0.262 e. The fourth-order valence-corrected chi connectivity index (χ4v) is 4.38. The molecular weight excluding hydrogens is 356 g/mol. The Kier molecular flexibility index (Phi) is 5.30. The van der Waals surface area contributed by atoms with Gasteiger partial charge in [0.05, 0.1) is 10.6 Å². The second kappa shape index (κ2) is 8.01. The number of carbonyl (C=O) groups excluding carboxylic acids is 2. The van der Waals surface area contributed by atoms with E-state index in [-0.39, 0.29) is 11.8 Å². The maximum absolute atomic E-state index is 12.8. The van der Waals surface area contributed by atoms with Crippen LogP contribution in [0.5, 0.6) is 0 Å². The molecule has 1 fully saturated rings. The van der Waals surface area contributed by atoms with Crippen molar-refractivity contribution < 1.29 is 9.59 Å². The molecule has 27 heavy (non-hydrogen) atoms. The molecule has 4 rings (SSSR count). The van der Waals surface area contributed by atoms with Crippen molar-refractivity contribution in [3.8, 4) is 0 Å². The van der Waals surface area contributed by atoms with E-state index in [1.54, 1.807) is 0 Å². The molecule has 2 aliphatic rings. The quantitative estimate of drug-likeness (QED) is 0.765. The third-order valence-corrected chi connectivity index (χ3v) is 6.01. The summed E-state index contributed by atoms with van der Waals surface area (Å²) < 4.78 is 0. The van der Waals surface area contributed by atoms with E-state index in [9.17, 15) is 9.59 Å². The Morgan fingerprint density at radius 1 is 1.00 bits per heavy atom. The van der Waals surface area contributed by atoms with Gasteiger partial charge in [0.25, 0.3) is 11.8 Å². The van der Waals surface area contributed by atoms with Crippen LogP contribution < -0.4 is 5.32 Å². The second-order valence-electron chi connectivity index (χ2n) is 6.89. The zero-order valence-electron chi connectivity index (χ0n) is 15.1. The van der Waals surface area contributed by atoms with Crippen LogP contribution in [0.15, 0.2) is 58.3 Å². The van der Waals surface area contributed by atoms with Gasteiger partial charge in [-0.05, 0) is 42.7 Å². The number of nitrogens with zero attached hydrogens (tertiary/aromatic N) is 1. The number of rotatable bonds is 2. The van der Waals surface area contributed by atoms with Crippen molar-refractivity contribution in [2.24, 2.45) is 0 Å². The highest BCUT2D eigenvalue weighted by atomic mass is 32.2. The Morgan fingerprint density at radius 2 is 1.74 bits per heavy atom. The van der Waals surface area contributed by atoms with Gasteiger partial charge in [-0.3, -0.25) is 9.59 Å². The van der Waals surface area contributed by atoms with Gasteiger partial charge in [0, 0.05) is 23.5 Å². The highest BCUT2D eigenvalue weighted by Crippen LogP contribution is 2.39. The third-order valence-electron chi connectivity index (χ3n) is 4.91. The first-order valence-corrected chi connectivity index (χ1v) is 10.2. The molecule has 5 heteroatoms. The largest absolute Gasteiger partial charge is 0.339 e. The van der Waals surface area contributed by atoms with Gasteiger partial charge < -0.3 is 10.2 Å². The number of fused-ring (bicyclic) bond motifs is 1. The van der Waals surface area contributed by atoms with Crippen LogP contribution >= 0.6 is 11.8 Å². The molecule has 2 aromatic rings. The van der Waals surface area contributed by atoms with Crippen LogP contribution in [-0.4, -0.2) is 29.8 Å². The lowest BCUT2D eigenvalue weighted by molar-refractivity contribution is -0.112. The molecule has 0 atom stereocenters. The van der Waals surface area contributed by atoms with Gasteiger partial charge in [0.15, 0.2) is 0 Å². The Balaban J connectivity index is 1.55. The number of hydrogen-bond donors (Lipinski definition) is 1. The SMILES string of the molecule is O=C1Nc2cc(C(=O)N3CCCCCC3)ccc2S/C1=C\c1ccccc1. The molecule has 0 spiro atoms. The van der Waals surface area contributed by atoms with E-state index in [0.717, 1.165) is 42.1 Å². The first-order valence-electron chi connectivity index (χ1n) is 9.40. The van der Waals surface area contributed by atoms with Crippen molar-refractivity contribution in [3.63, 3.8) is 0 Å². The molecule has 1 saturated heterocycles. The Bertz CT molecular complexity index is 884. The van der Waals surface area contributed by atoms with Crippen LogP contribution in [0, 0.1) is 0 Å². The maximum Gasteiger partial charge on any atom is 0.262 e. The summed E-state index contributed by atoms with van der Waals surface area (Å²) in [6, 6.07) is 15.4. The van der Waals surface area contributed by atoms with Gasteiger partial charge in [0.2, 0.25) is 0 Å². The summed E-state index contributed by atoms with van der Waals surface area (Å²) in [7, 11) is 0. The molecule has 2 aliphatic heterocycles. The Hall–Kier alpha value is -2.53. The van der Waals surface area contributed by atoms with Crippen LogP contribution in [0.4, 0.5) is 5.69 Å². The van der Waals surface area contributed by atoms with Crippen LogP contribution in [0.25, 0.3) is 6.08 Å². The summed E-state index contributed by atoms with van der Waals surface area (Å²) in [5.74, 6) is -0.0692. The van der Waals surface area contributed by atoms with Gasteiger partial charge >= 0.3 is 0 Å². The van der Waals surface area contributed by atoms with Crippen molar-refractivity contribution >= 4 is 35.3 Å². The Labute approximate surface area is 163 Å². The molecule has 0 saturated carbocycles. The predicted molar refractivity (Wildman–Crippen MR) is 110 cm³/mol. The van der Waals surface area contributed by atoms with E-state index < -0.39 is 0 Å². The van der Waals surface area contributed by atoms with Crippen molar-refractivity contribution in [3.05, 3.63) is 64.6 Å². The van der Waals surface area contributed by atoms with Gasteiger partial charge in [-0.15, -0.1) is 0 Å². The lowest BCUT2D eigenvalue weighted by Crippen LogP contribution is -2.32. The summed E-state index contributed by atoms with van der Waals surface area (Å²) in [6.45, 7) is 1.64. The molecule has 0 aromatic heterocycles. The minimum absolute atomic E-state index is 0.0598. The van der Waals surface area contributed by atoms with Crippen molar-refractivity contribution in [2.75, 3.05) is 18.4 Å². The van der Waals surface area contributed by atoms with Gasteiger partial charge in [0.1, 0.15) is 0 Å². The van der Waals surface area contributed by atoms with E-state index in [0.29, 0.717) is 10.5 Å². The molecule has 0 bridgehead atoms. The average molecular weight is 378 g/mol. The van der Waals surface area contributed by atoms with E-state index in [4.69, 9.17) is 0 Å². The highest BCUT2D eigenvalue weighted by Gasteiger charge is 2.24. The topological polar surface area (TPSA) is 49.4 Å². The summed E-state index contributed by atoms with van der Waals surface area (Å²) >= 11 is 1.44. The predicted octanol–water partition coefficient (Wildman–Crippen LogP) is 4.79. The molecule has 0 unspecified atom stereocenters. The van der Waals surface area contributed by atoms with E-state index in [1.165, 1.54) is 24.6 Å². The number of benzene rings is 2. The number of anilines is 1. The monoisotopic (exact) mass is 378 g/mol. The van der Waals surface area contributed by atoms with Crippen LogP contribution in [-0.2, 0) is 4.79 Å². The highest BCUT2D eigenvalue weighted by molar-refractivity contribution is 8.04. The summed E-state index contributed by atoms with van der Waals surface area (Å²) in [5.41, 5.74) is 2.36. The molecule has 2 amide bonds. The molecule has 1 N–H and O–H groups in total. The minimum atomic E-state index is -0.129. The summed E-state index contributed by atoms with van der Waals surface area (Å²) in [4.78, 5) is 28.9. The zero-order chi connectivity index (χ0) is 18.6. The molecule has 0 radical (unpaired) electrons. The van der Waals surface area contributed by atoms with Gasteiger partial charge in [-0.25, -0.2) is 0 Å². The fraction of sp³-hybridized carbons (Fsp3) is 0.273. The van der Waals surface area contributed by atoms with Gasteiger partial charge in [-0.2, -0.15) is 0 Å². The van der Waals surface area contributed by atoms with E-state index >= 15 is 0 Å². The summed E-state index contributed by atoms with van der Waals surface area (Å²) in [6.07, 6.45) is 6.40. The van der Waals surface area contributed by atoms with Gasteiger partial charge in [-0.1, -0.05) is 54.9 Å². The normalized spacial score (nSPS) is 18.6. The number of likely N-dealkylation sites (tertiary alicyclic amines) is 1. The summed E-state index contributed by atoms with van der Waals surface area (Å²) in [5, 5.41) is 2.94. The molecular formula is C22H22N2O2S. The molecule has 4 nitrogen and oxygen atoms in total. The number of hydrogen-bond acceptors (Lipinski definition) is 3. The number of amides is 2. The van der Waals surface area contributed by atoms with Crippen LogP contribution in [0.3, 0.4) is 0 Å². The van der Waals surface area contributed by atoms with Crippen LogP contribution in [0.2, 0.25) is 0 Å². The van der Waals surface area contributed by atoms with Crippen molar-refractivity contribution in [1.29, 1.82) is 0 Å². The third kappa shape index (κ3) is 4.08. The average Bonchev–Trinajstić information content (AvgIpc) is 2.98. The first-order chi connectivity index (χ1) is 13.2. The van der Waals surface area contributed by atoms with Crippen LogP contribution in [0.1, 0.15) is 41.6 Å². The number of thioether (sulfide) groups is 1. The fourth-order valence-electron chi connectivity index (χ4n) is 3.45. The van der Waals surface area contributed by atoms with E-state index in [2.05, 4.69) is 5.32 Å². The van der Waals surface area contributed by atoms with Crippen molar-refractivity contribution in [1.82, 2.24) is 4.90 Å². The van der Waals surface area contributed by atoms with E-state index in [1.807, 2.05) is 59.5 Å². The standard InChI is InChI=1S/C22H22N2O2S/c25-21-20(14-16-8-4-3-5-9-16)27-19-11-10-17(15-18(19)23-21)22(26)24-12-6-1-2-7-13-24/h3-5,8-11,14-15H,1-2,6-7,12-13H2,(H,23,25)/b20-14-.